The molecule has 1 heterocycles. The van der Waals surface area contributed by atoms with E-state index in [0.717, 1.165) is 12.2 Å². The predicted octanol–water partition coefficient (Wildman–Crippen LogP) is 1.99. The van der Waals surface area contributed by atoms with Crippen LogP contribution in [0.3, 0.4) is 0 Å². The van der Waals surface area contributed by atoms with Crippen molar-refractivity contribution in [1.82, 2.24) is 0 Å². The van der Waals surface area contributed by atoms with E-state index in [9.17, 15) is 22.8 Å². The third-order valence-corrected chi connectivity index (χ3v) is 4.54. The molecular weight excluding hydrogens is 376 g/mol. The van der Waals surface area contributed by atoms with E-state index >= 15 is 0 Å². The Morgan fingerprint density at radius 3 is 2.56 bits per heavy atom. The summed E-state index contributed by atoms with van der Waals surface area (Å²) in [6.07, 6.45) is 3.35. The molecule has 1 aliphatic rings. The van der Waals surface area contributed by atoms with Gasteiger partial charge in [0, 0.05) is 6.08 Å². The van der Waals surface area contributed by atoms with Crippen LogP contribution in [0.1, 0.15) is 23.0 Å². The van der Waals surface area contributed by atoms with Gasteiger partial charge in [-0.25, -0.2) is 4.79 Å². The van der Waals surface area contributed by atoms with Gasteiger partial charge in [-0.3, -0.25) is 14.1 Å². The summed E-state index contributed by atoms with van der Waals surface area (Å²) in [5.41, 5.74) is -0.655. The van der Waals surface area contributed by atoms with Crippen molar-refractivity contribution in [3.05, 3.63) is 64.5 Å². The molecule has 0 fully saturated rings. The number of Topliss-reactive ketones (excluding diaryl/α,β-unsaturated/α-hetero) is 1. The predicted molar refractivity (Wildman–Crippen MR) is 98.0 cm³/mol. The quantitative estimate of drug-likeness (QED) is 0.477. The molecule has 0 saturated carbocycles. The lowest BCUT2D eigenvalue weighted by Gasteiger charge is -2.14. The smallest absolute Gasteiger partial charge is 0.330 e. The highest BCUT2D eigenvalue weighted by molar-refractivity contribution is 7.87. The van der Waals surface area contributed by atoms with Crippen molar-refractivity contribution in [3.8, 4) is 0 Å². The monoisotopic (exact) mass is 392 g/mol. The maximum absolute atomic E-state index is 12.3. The molecule has 0 amide bonds. The van der Waals surface area contributed by atoms with Crippen molar-refractivity contribution in [3.63, 3.8) is 0 Å². The molecule has 9 heteroatoms. The highest BCUT2D eigenvalue weighted by Crippen LogP contribution is 2.24. The van der Waals surface area contributed by atoms with Crippen LogP contribution in [0.25, 0.3) is 17.0 Å². The number of carbonyl (C=O) groups excluding carboxylic acids is 2. The number of para-hydroxylation sites is 1. The third-order valence-electron chi connectivity index (χ3n) is 3.53. The van der Waals surface area contributed by atoms with Gasteiger partial charge in [0.25, 0.3) is 10.1 Å². The van der Waals surface area contributed by atoms with Crippen LogP contribution in [0.15, 0.2) is 52.2 Å². The van der Waals surface area contributed by atoms with Crippen LogP contribution in [0.5, 0.6) is 0 Å². The molecule has 8 nitrogen and oxygen atoms in total. The number of rotatable bonds is 3. The standard InChI is InChI=1S/C13H8O6S.C5H8O2/c14-12-7-3-1-2-4-8(7)19-9-5-6-10(20(16,17)18)13(15)11(9)12;1-3-5(6)7-4-2/h1-6,10H,(H,16,17,18);3H,1,4H2,2H3. The van der Waals surface area contributed by atoms with E-state index in [1.54, 1.807) is 25.1 Å². The zero-order valence-electron chi connectivity index (χ0n) is 14.2. The van der Waals surface area contributed by atoms with Crippen molar-refractivity contribution in [2.24, 2.45) is 0 Å². The van der Waals surface area contributed by atoms with Gasteiger partial charge in [0.05, 0.1) is 12.0 Å². The lowest BCUT2D eigenvalue weighted by Crippen LogP contribution is -2.34. The molecule has 0 aliphatic heterocycles. The number of carbonyl (C=O) groups is 2. The van der Waals surface area contributed by atoms with Gasteiger partial charge in [0.15, 0.2) is 11.0 Å². The summed E-state index contributed by atoms with van der Waals surface area (Å²) in [5.74, 6) is -1.34. The fraction of sp³-hybridized carbons (Fsp3) is 0.167. The minimum absolute atomic E-state index is 0.00130. The first-order valence-corrected chi connectivity index (χ1v) is 9.24. The van der Waals surface area contributed by atoms with Crippen LogP contribution < -0.4 is 5.43 Å². The van der Waals surface area contributed by atoms with Crippen molar-refractivity contribution in [2.45, 2.75) is 12.2 Å². The molecule has 1 unspecified atom stereocenters. The number of ether oxygens (including phenoxy) is 1. The van der Waals surface area contributed by atoms with E-state index in [4.69, 9.17) is 8.97 Å². The molecule has 0 radical (unpaired) electrons. The number of esters is 1. The largest absolute Gasteiger partial charge is 0.463 e. The van der Waals surface area contributed by atoms with Gasteiger partial charge in [0.2, 0.25) is 5.43 Å². The van der Waals surface area contributed by atoms with Gasteiger partial charge in [-0.15, -0.1) is 0 Å². The molecule has 1 atom stereocenters. The zero-order valence-corrected chi connectivity index (χ0v) is 15.1. The van der Waals surface area contributed by atoms with Gasteiger partial charge < -0.3 is 9.15 Å². The van der Waals surface area contributed by atoms with Crippen molar-refractivity contribution < 1.29 is 31.7 Å². The Morgan fingerprint density at radius 1 is 1.33 bits per heavy atom. The lowest BCUT2D eigenvalue weighted by molar-refractivity contribution is -0.137. The third kappa shape index (κ3) is 4.39. The molecule has 0 bridgehead atoms. The van der Waals surface area contributed by atoms with Gasteiger partial charge in [-0.2, -0.15) is 8.42 Å². The fourth-order valence-corrected chi connectivity index (χ4v) is 3.02. The number of hydrogen-bond acceptors (Lipinski definition) is 7. The van der Waals surface area contributed by atoms with Crippen LogP contribution in [0, 0.1) is 0 Å². The van der Waals surface area contributed by atoms with E-state index in [-0.39, 0.29) is 22.7 Å². The Morgan fingerprint density at radius 2 is 2.00 bits per heavy atom. The summed E-state index contributed by atoms with van der Waals surface area (Å²) in [6.45, 7) is 5.38. The van der Waals surface area contributed by atoms with E-state index in [1.807, 2.05) is 0 Å². The van der Waals surface area contributed by atoms with Crippen LogP contribution in [-0.2, 0) is 19.6 Å². The zero-order chi connectivity index (χ0) is 20.2. The summed E-state index contributed by atoms with van der Waals surface area (Å²) in [4.78, 5) is 34.4. The van der Waals surface area contributed by atoms with Crippen molar-refractivity contribution in [1.29, 1.82) is 0 Å². The van der Waals surface area contributed by atoms with Gasteiger partial charge >= 0.3 is 5.97 Å². The van der Waals surface area contributed by atoms with Crippen LogP contribution in [0.2, 0.25) is 0 Å². The Balaban J connectivity index is 0.000000321. The maximum atomic E-state index is 12.3. The molecule has 0 spiro atoms. The van der Waals surface area contributed by atoms with Crippen molar-refractivity contribution >= 4 is 38.9 Å². The summed E-state index contributed by atoms with van der Waals surface area (Å²) in [5, 5.41) is -1.58. The van der Waals surface area contributed by atoms with Crippen LogP contribution in [-0.4, -0.2) is 36.6 Å². The molecule has 1 aliphatic carbocycles. The Hall–Kier alpha value is -3.04. The van der Waals surface area contributed by atoms with Gasteiger partial charge in [0.1, 0.15) is 16.9 Å². The number of fused-ring (bicyclic) bond motifs is 2. The second kappa shape index (κ2) is 8.11. The van der Waals surface area contributed by atoms with E-state index in [0.29, 0.717) is 12.2 Å². The first kappa shape index (κ1) is 20.3. The second-order valence-electron chi connectivity index (χ2n) is 5.28. The molecule has 1 aromatic carbocycles. The lowest BCUT2D eigenvalue weighted by atomic mass is 9.99. The molecule has 27 heavy (non-hydrogen) atoms. The Labute approximate surface area is 154 Å². The first-order valence-electron chi connectivity index (χ1n) is 7.74. The van der Waals surface area contributed by atoms with Crippen LogP contribution in [0.4, 0.5) is 0 Å². The normalized spacial score (nSPS) is 15.5. The van der Waals surface area contributed by atoms with Crippen LogP contribution >= 0.6 is 0 Å². The molecule has 1 aromatic heterocycles. The van der Waals surface area contributed by atoms with E-state index < -0.39 is 26.6 Å². The average Bonchev–Trinajstić information content (AvgIpc) is 2.61. The van der Waals surface area contributed by atoms with Crippen molar-refractivity contribution in [2.75, 3.05) is 6.61 Å². The highest BCUT2D eigenvalue weighted by Gasteiger charge is 2.36. The second-order valence-corrected chi connectivity index (χ2v) is 6.82. The summed E-state index contributed by atoms with van der Waals surface area (Å²) in [6, 6.07) is 6.34. The highest BCUT2D eigenvalue weighted by atomic mass is 32.2. The molecule has 142 valence electrons. The molecule has 0 saturated heterocycles. The first-order chi connectivity index (χ1) is 12.7. The maximum Gasteiger partial charge on any atom is 0.330 e. The van der Waals surface area contributed by atoms with E-state index in [2.05, 4.69) is 11.3 Å². The van der Waals surface area contributed by atoms with Gasteiger partial charge in [-0.1, -0.05) is 24.8 Å². The Bertz CT molecular complexity index is 1090. The molecule has 3 rings (SSSR count). The molecule has 1 N–H and O–H groups in total. The summed E-state index contributed by atoms with van der Waals surface area (Å²) in [7, 11) is -4.60. The summed E-state index contributed by atoms with van der Waals surface area (Å²) < 4.78 is 41.1. The number of benzene rings is 1. The van der Waals surface area contributed by atoms with E-state index in [1.165, 1.54) is 12.1 Å². The molecular formula is C18H16O8S. The minimum atomic E-state index is -4.60. The minimum Gasteiger partial charge on any atom is -0.463 e. The fourth-order valence-electron chi connectivity index (χ4n) is 2.35. The number of ketones is 1. The average molecular weight is 392 g/mol. The van der Waals surface area contributed by atoms with Gasteiger partial charge in [-0.05, 0) is 25.1 Å². The SMILES string of the molecule is C=CC(=O)OCC.O=C1c2c(oc3ccccc3c2=O)C=CC1S(=O)(=O)O. The summed E-state index contributed by atoms with van der Waals surface area (Å²) >= 11 is 0. The Kier molecular flexibility index (Phi) is 6.09. The topological polar surface area (TPSA) is 128 Å². The number of hydrogen-bond donors (Lipinski definition) is 1. The molecule has 2 aromatic rings.